The van der Waals surface area contributed by atoms with Crippen LogP contribution in [0.4, 0.5) is 0 Å². The molecule has 1 unspecified atom stereocenters. The van der Waals surface area contributed by atoms with E-state index >= 15 is 0 Å². The molecule has 4 nitrogen and oxygen atoms in total. The van der Waals surface area contributed by atoms with E-state index < -0.39 is 0 Å². The molecule has 0 aliphatic carbocycles. The van der Waals surface area contributed by atoms with Gasteiger partial charge in [-0.3, -0.25) is 0 Å². The van der Waals surface area contributed by atoms with Gasteiger partial charge in [-0.2, -0.15) is 4.98 Å². The fourth-order valence-corrected chi connectivity index (χ4v) is 2.03. The molecule has 1 heterocycles. The van der Waals surface area contributed by atoms with Crippen molar-refractivity contribution in [3.8, 4) is 11.4 Å². The summed E-state index contributed by atoms with van der Waals surface area (Å²) in [5.74, 6) is 1.30. The molecule has 1 atom stereocenters. The third kappa shape index (κ3) is 2.89. The molecule has 5 heteroatoms. The Morgan fingerprint density at radius 2 is 2.28 bits per heavy atom. The van der Waals surface area contributed by atoms with E-state index in [-0.39, 0.29) is 5.92 Å². The van der Waals surface area contributed by atoms with Crippen molar-refractivity contribution in [3.63, 3.8) is 0 Å². The van der Waals surface area contributed by atoms with Gasteiger partial charge < -0.3 is 10.3 Å². The van der Waals surface area contributed by atoms with Crippen LogP contribution >= 0.6 is 11.6 Å². The van der Waals surface area contributed by atoms with Crippen LogP contribution in [-0.2, 0) is 0 Å². The molecule has 18 heavy (non-hydrogen) atoms. The van der Waals surface area contributed by atoms with Gasteiger partial charge in [0.1, 0.15) is 0 Å². The van der Waals surface area contributed by atoms with E-state index in [0.29, 0.717) is 23.3 Å². The SMILES string of the molecule is CCCC(CN)c1nc(-c2cccc(Cl)c2)no1. The van der Waals surface area contributed by atoms with Gasteiger partial charge in [-0.1, -0.05) is 42.2 Å². The van der Waals surface area contributed by atoms with E-state index in [9.17, 15) is 0 Å². The van der Waals surface area contributed by atoms with Crippen LogP contribution in [0.3, 0.4) is 0 Å². The van der Waals surface area contributed by atoms with Gasteiger partial charge in [-0.25, -0.2) is 0 Å². The first-order valence-corrected chi connectivity index (χ1v) is 6.42. The Labute approximate surface area is 111 Å². The summed E-state index contributed by atoms with van der Waals surface area (Å²) in [4.78, 5) is 4.39. The molecule has 0 radical (unpaired) electrons. The van der Waals surface area contributed by atoms with Crippen molar-refractivity contribution in [2.45, 2.75) is 25.7 Å². The summed E-state index contributed by atoms with van der Waals surface area (Å²) in [5, 5.41) is 4.63. The summed E-state index contributed by atoms with van der Waals surface area (Å²) < 4.78 is 5.28. The number of nitrogens with zero attached hydrogens (tertiary/aromatic N) is 2. The zero-order valence-electron chi connectivity index (χ0n) is 10.3. The molecule has 0 bridgehead atoms. The van der Waals surface area contributed by atoms with Crippen LogP contribution in [0.1, 0.15) is 31.6 Å². The van der Waals surface area contributed by atoms with Crippen molar-refractivity contribution >= 4 is 11.6 Å². The van der Waals surface area contributed by atoms with Gasteiger partial charge in [0.2, 0.25) is 11.7 Å². The molecule has 0 spiro atoms. The number of halogens is 1. The molecule has 0 saturated heterocycles. The average Bonchev–Trinajstić information content (AvgIpc) is 2.85. The molecule has 1 aromatic heterocycles. The molecular formula is C13H16ClN3O. The van der Waals surface area contributed by atoms with E-state index in [0.717, 1.165) is 18.4 Å². The Bertz CT molecular complexity index is 512. The van der Waals surface area contributed by atoms with E-state index in [4.69, 9.17) is 21.9 Å². The van der Waals surface area contributed by atoms with E-state index in [1.165, 1.54) is 0 Å². The highest BCUT2D eigenvalue weighted by Gasteiger charge is 2.17. The molecule has 2 aromatic rings. The first kappa shape index (κ1) is 13.1. The second kappa shape index (κ2) is 5.98. The first-order chi connectivity index (χ1) is 8.74. The van der Waals surface area contributed by atoms with Crippen LogP contribution < -0.4 is 5.73 Å². The van der Waals surface area contributed by atoms with Crippen LogP contribution in [0.5, 0.6) is 0 Å². The van der Waals surface area contributed by atoms with Gasteiger partial charge in [0, 0.05) is 17.1 Å². The highest BCUT2D eigenvalue weighted by molar-refractivity contribution is 6.30. The van der Waals surface area contributed by atoms with E-state index in [1.807, 2.05) is 24.3 Å². The second-order valence-electron chi connectivity index (χ2n) is 4.19. The van der Waals surface area contributed by atoms with Crippen LogP contribution in [0.25, 0.3) is 11.4 Å². The van der Waals surface area contributed by atoms with Gasteiger partial charge in [0.25, 0.3) is 0 Å². The Morgan fingerprint density at radius 3 is 2.94 bits per heavy atom. The maximum absolute atomic E-state index is 5.93. The maximum atomic E-state index is 5.93. The lowest BCUT2D eigenvalue weighted by Gasteiger charge is -2.06. The standard InChI is InChI=1S/C13H16ClN3O/c1-2-4-10(8-15)13-16-12(17-18-13)9-5-3-6-11(14)7-9/h3,5-7,10H,2,4,8,15H2,1H3. The zero-order chi connectivity index (χ0) is 13.0. The van der Waals surface area contributed by atoms with Crippen LogP contribution in [0.15, 0.2) is 28.8 Å². The van der Waals surface area contributed by atoms with Gasteiger partial charge >= 0.3 is 0 Å². The predicted octanol–water partition coefficient (Wildman–Crippen LogP) is 3.23. The predicted molar refractivity (Wildman–Crippen MR) is 71.4 cm³/mol. The fourth-order valence-electron chi connectivity index (χ4n) is 1.84. The highest BCUT2D eigenvalue weighted by atomic mass is 35.5. The summed E-state index contributed by atoms with van der Waals surface area (Å²) in [7, 11) is 0. The van der Waals surface area contributed by atoms with Crippen LogP contribution in [-0.4, -0.2) is 16.7 Å². The minimum absolute atomic E-state index is 0.135. The summed E-state index contributed by atoms with van der Waals surface area (Å²) in [6.45, 7) is 2.63. The van der Waals surface area contributed by atoms with Crippen molar-refractivity contribution in [1.82, 2.24) is 10.1 Å². The summed E-state index contributed by atoms with van der Waals surface area (Å²) in [6.07, 6.45) is 1.99. The number of nitrogens with two attached hydrogens (primary N) is 1. The van der Waals surface area contributed by atoms with Crippen molar-refractivity contribution in [1.29, 1.82) is 0 Å². The van der Waals surface area contributed by atoms with Crippen molar-refractivity contribution in [3.05, 3.63) is 35.2 Å². The normalized spacial score (nSPS) is 12.6. The van der Waals surface area contributed by atoms with E-state index in [1.54, 1.807) is 0 Å². The van der Waals surface area contributed by atoms with Gasteiger partial charge in [0.15, 0.2) is 0 Å². The zero-order valence-corrected chi connectivity index (χ0v) is 11.0. The lowest BCUT2D eigenvalue weighted by molar-refractivity contribution is 0.347. The minimum atomic E-state index is 0.135. The van der Waals surface area contributed by atoms with Crippen molar-refractivity contribution < 1.29 is 4.52 Å². The van der Waals surface area contributed by atoms with Gasteiger partial charge in [0.05, 0.1) is 5.92 Å². The molecule has 2 rings (SSSR count). The number of rotatable bonds is 5. The van der Waals surface area contributed by atoms with Crippen molar-refractivity contribution in [2.75, 3.05) is 6.54 Å². The highest BCUT2D eigenvalue weighted by Crippen LogP contribution is 2.24. The quantitative estimate of drug-likeness (QED) is 0.901. The molecule has 0 aliphatic rings. The fraction of sp³-hybridized carbons (Fsp3) is 0.385. The topological polar surface area (TPSA) is 64.9 Å². The number of aromatic nitrogens is 2. The first-order valence-electron chi connectivity index (χ1n) is 6.04. The second-order valence-corrected chi connectivity index (χ2v) is 4.62. The third-order valence-corrected chi connectivity index (χ3v) is 3.03. The molecule has 96 valence electrons. The molecule has 0 fully saturated rings. The lowest BCUT2D eigenvalue weighted by Crippen LogP contribution is -2.12. The van der Waals surface area contributed by atoms with Crippen LogP contribution in [0, 0.1) is 0 Å². The summed E-state index contributed by atoms with van der Waals surface area (Å²) in [6, 6.07) is 7.39. The third-order valence-electron chi connectivity index (χ3n) is 2.80. The Kier molecular flexibility index (Phi) is 4.33. The smallest absolute Gasteiger partial charge is 0.231 e. The van der Waals surface area contributed by atoms with Crippen molar-refractivity contribution in [2.24, 2.45) is 5.73 Å². The molecule has 0 aliphatic heterocycles. The summed E-state index contributed by atoms with van der Waals surface area (Å²) in [5.41, 5.74) is 6.57. The Morgan fingerprint density at radius 1 is 1.44 bits per heavy atom. The average molecular weight is 266 g/mol. The molecule has 1 aromatic carbocycles. The maximum Gasteiger partial charge on any atom is 0.231 e. The minimum Gasteiger partial charge on any atom is -0.339 e. The number of hydrogen-bond acceptors (Lipinski definition) is 4. The monoisotopic (exact) mass is 265 g/mol. The summed E-state index contributed by atoms with van der Waals surface area (Å²) >= 11 is 5.93. The number of hydrogen-bond donors (Lipinski definition) is 1. The molecular weight excluding hydrogens is 250 g/mol. The molecule has 2 N–H and O–H groups in total. The Balaban J connectivity index is 2.24. The van der Waals surface area contributed by atoms with Crippen LogP contribution in [0.2, 0.25) is 5.02 Å². The molecule has 0 saturated carbocycles. The largest absolute Gasteiger partial charge is 0.339 e. The van der Waals surface area contributed by atoms with Gasteiger partial charge in [-0.15, -0.1) is 0 Å². The van der Waals surface area contributed by atoms with E-state index in [2.05, 4.69) is 17.1 Å². The number of benzene rings is 1. The van der Waals surface area contributed by atoms with Gasteiger partial charge in [-0.05, 0) is 18.6 Å². The lowest BCUT2D eigenvalue weighted by atomic mass is 10.0. The Hall–Kier alpha value is -1.39. The molecule has 0 amide bonds.